The van der Waals surface area contributed by atoms with Gasteiger partial charge in [-0.25, -0.2) is 4.68 Å². The van der Waals surface area contributed by atoms with Gasteiger partial charge in [0.15, 0.2) is 5.69 Å². The second-order valence-electron chi connectivity index (χ2n) is 5.17. The Morgan fingerprint density at radius 2 is 1.70 bits per heavy atom. The lowest BCUT2D eigenvalue weighted by molar-refractivity contribution is 0.0992. The van der Waals surface area contributed by atoms with Crippen LogP contribution in [0, 0.1) is 0 Å². The fourth-order valence-corrected chi connectivity index (χ4v) is 2.49. The fraction of sp³-hybridized carbons (Fsp3) is 0.118. The Morgan fingerprint density at radius 1 is 1.09 bits per heavy atom. The van der Waals surface area contributed by atoms with Gasteiger partial charge in [-0.1, -0.05) is 48.5 Å². The second-order valence-corrected chi connectivity index (χ2v) is 5.17. The minimum atomic E-state index is -0.914. The highest BCUT2D eigenvalue weighted by Gasteiger charge is 2.16. The molecule has 1 aromatic heterocycles. The van der Waals surface area contributed by atoms with Crippen molar-refractivity contribution in [2.45, 2.75) is 12.6 Å². The minimum absolute atomic E-state index is 0.0143. The number of hydrogen-bond acceptors (Lipinski definition) is 4. The number of aliphatic hydroxyl groups is 1. The molecular formula is C17H15N3O3. The van der Waals surface area contributed by atoms with Gasteiger partial charge in [0.2, 0.25) is 0 Å². The summed E-state index contributed by atoms with van der Waals surface area (Å²) in [5.74, 6) is -0.718. The number of aromatic nitrogens is 2. The number of hydrogen-bond donors (Lipinski definition) is 2. The first-order valence-corrected chi connectivity index (χ1v) is 7.10. The first-order chi connectivity index (χ1) is 11.1. The van der Waals surface area contributed by atoms with Crippen molar-refractivity contribution in [1.82, 2.24) is 9.78 Å². The standard InChI is InChI=1S/C17H15N3O3/c18-16(22)15-12-8-4-5-9-13(12)17(23)20(19-15)10-14(21)11-6-2-1-3-7-11/h1-9,14,21H,10H2,(H2,18,22). The molecule has 0 aliphatic carbocycles. The van der Waals surface area contributed by atoms with E-state index in [2.05, 4.69) is 5.10 Å². The summed E-state index contributed by atoms with van der Waals surface area (Å²) in [5, 5.41) is 15.1. The van der Waals surface area contributed by atoms with Crippen molar-refractivity contribution in [3.05, 3.63) is 76.2 Å². The van der Waals surface area contributed by atoms with E-state index < -0.39 is 12.0 Å². The third-order valence-corrected chi connectivity index (χ3v) is 3.63. The molecule has 0 aliphatic rings. The molecule has 0 saturated carbocycles. The Bertz CT molecular complexity index is 919. The third kappa shape index (κ3) is 2.84. The molecule has 116 valence electrons. The van der Waals surface area contributed by atoms with E-state index in [-0.39, 0.29) is 17.8 Å². The smallest absolute Gasteiger partial charge is 0.274 e. The quantitative estimate of drug-likeness (QED) is 0.757. The number of aliphatic hydroxyl groups excluding tert-OH is 1. The molecule has 0 bridgehead atoms. The second kappa shape index (κ2) is 6.02. The van der Waals surface area contributed by atoms with Gasteiger partial charge in [-0.2, -0.15) is 5.10 Å². The highest BCUT2D eigenvalue weighted by molar-refractivity contribution is 6.03. The zero-order valence-corrected chi connectivity index (χ0v) is 12.2. The van der Waals surface area contributed by atoms with Crippen molar-refractivity contribution >= 4 is 16.7 Å². The maximum absolute atomic E-state index is 12.5. The molecule has 3 rings (SSSR count). The number of primary amides is 1. The molecule has 1 amide bonds. The van der Waals surface area contributed by atoms with Crippen LogP contribution in [0.1, 0.15) is 22.2 Å². The maximum atomic E-state index is 12.5. The summed E-state index contributed by atoms with van der Waals surface area (Å²) in [6, 6.07) is 15.6. The van der Waals surface area contributed by atoms with Crippen molar-refractivity contribution in [2.75, 3.05) is 0 Å². The fourth-order valence-electron chi connectivity index (χ4n) is 2.49. The van der Waals surface area contributed by atoms with E-state index in [4.69, 9.17) is 5.73 Å². The molecule has 3 N–H and O–H groups in total. The summed E-state index contributed by atoms with van der Waals surface area (Å²) in [4.78, 5) is 24.1. The van der Waals surface area contributed by atoms with Gasteiger partial charge >= 0.3 is 0 Å². The predicted octanol–water partition coefficient (Wildman–Crippen LogP) is 1.23. The number of carbonyl (C=O) groups is 1. The van der Waals surface area contributed by atoms with E-state index in [0.29, 0.717) is 16.3 Å². The van der Waals surface area contributed by atoms with Crippen LogP contribution >= 0.6 is 0 Å². The Balaban J connectivity index is 2.09. The lowest BCUT2D eigenvalue weighted by atomic mass is 10.1. The molecule has 1 atom stereocenters. The van der Waals surface area contributed by atoms with Gasteiger partial charge < -0.3 is 10.8 Å². The van der Waals surface area contributed by atoms with E-state index in [1.54, 1.807) is 48.5 Å². The minimum Gasteiger partial charge on any atom is -0.386 e. The lowest BCUT2D eigenvalue weighted by Gasteiger charge is -2.14. The number of nitrogens with two attached hydrogens (primary N) is 1. The molecule has 6 heteroatoms. The van der Waals surface area contributed by atoms with E-state index in [1.165, 1.54) is 0 Å². The molecule has 1 unspecified atom stereocenters. The highest BCUT2D eigenvalue weighted by Crippen LogP contribution is 2.16. The van der Waals surface area contributed by atoms with E-state index in [9.17, 15) is 14.7 Å². The first kappa shape index (κ1) is 14.9. The summed E-state index contributed by atoms with van der Waals surface area (Å²) in [5.41, 5.74) is 5.66. The van der Waals surface area contributed by atoms with Crippen molar-refractivity contribution in [1.29, 1.82) is 0 Å². The Kier molecular flexibility index (Phi) is 3.91. The number of carbonyl (C=O) groups excluding carboxylic acids is 1. The SMILES string of the molecule is NC(=O)c1nn(CC(O)c2ccccc2)c(=O)c2ccccc12. The molecule has 23 heavy (non-hydrogen) atoms. The average molecular weight is 309 g/mol. The molecule has 1 heterocycles. The monoisotopic (exact) mass is 309 g/mol. The molecule has 2 aromatic carbocycles. The highest BCUT2D eigenvalue weighted by atomic mass is 16.3. The molecule has 6 nitrogen and oxygen atoms in total. The van der Waals surface area contributed by atoms with E-state index >= 15 is 0 Å². The van der Waals surface area contributed by atoms with Crippen LogP contribution in [0.15, 0.2) is 59.4 Å². The first-order valence-electron chi connectivity index (χ1n) is 7.10. The Morgan fingerprint density at radius 3 is 2.35 bits per heavy atom. The normalized spacial score (nSPS) is 12.2. The topological polar surface area (TPSA) is 98.2 Å². The van der Waals surface area contributed by atoms with Crippen molar-refractivity contribution in [3.8, 4) is 0 Å². The number of nitrogens with zero attached hydrogens (tertiary/aromatic N) is 2. The van der Waals surface area contributed by atoms with E-state index in [1.807, 2.05) is 6.07 Å². The van der Waals surface area contributed by atoms with Crippen LogP contribution in [0.5, 0.6) is 0 Å². The molecular weight excluding hydrogens is 294 g/mol. The molecule has 0 saturated heterocycles. The van der Waals surface area contributed by atoms with Gasteiger partial charge in [-0.15, -0.1) is 0 Å². The number of fused-ring (bicyclic) bond motifs is 1. The van der Waals surface area contributed by atoms with Crippen LogP contribution in [0.2, 0.25) is 0 Å². The lowest BCUT2D eigenvalue weighted by Crippen LogP contribution is -2.29. The molecule has 0 aliphatic heterocycles. The summed E-state index contributed by atoms with van der Waals surface area (Å²) in [6.07, 6.45) is -0.914. The van der Waals surface area contributed by atoms with Gasteiger partial charge in [0, 0.05) is 5.39 Å². The Labute approximate surface area is 131 Å². The van der Waals surface area contributed by atoms with Gasteiger partial charge in [-0.3, -0.25) is 9.59 Å². The van der Waals surface area contributed by atoms with Crippen LogP contribution in [-0.4, -0.2) is 20.8 Å². The Hall–Kier alpha value is -2.99. The van der Waals surface area contributed by atoms with Crippen LogP contribution in [0.3, 0.4) is 0 Å². The number of amides is 1. The zero-order chi connectivity index (χ0) is 16.4. The largest absolute Gasteiger partial charge is 0.386 e. The summed E-state index contributed by atoms with van der Waals surface area (Å²) in [7, 11) is 0. The maximum Gasteiger partial charge on any atom is 0.274 e. The van der Waals surface area contributed by atoms with Gasteiger partial charge in [0.05, 0.1) is 18.0 Å². The van der Waals surface area contributed by atoms with Crippen LogP contribution < -0.4 is 11.3 Å². The van der Waals surface area contributed by atoms with Crippen molar-refractivity contribution < 1.29 is 9.90 Å². The molecule has 0 spiro atoms. The molecule has 0 radical (unpaired) electrons. The van der Waals surface area contributed by atoms with Crippen molar-refractivity contribution in [3.63, 3.8) is 0 Å². The van der Waals surface area contributed by atoms with Crippen LogP contribution in [-0.2, 0) is 6.54 Å². The van der Waals surface area contributed by atoms with Gasteiger partial charge in [0.1, 0.15) is 0 Å². The van der Waals surface area contributed by atoms with Crippen molar-refractivity contribution in [2.24, 2.45) is 5.73 Å². The molecule has 3 aromatic rings. The van der Waals surface area contributed by atoms with E-state index in [0.717, 1.165) is 4.68 Å². The number of rotatable bonds is 4. The molecule has 0 fully saturated rings. The van der Waals surface area contributed by atoms with Gasteiger partial charge in [-0.05, 0) is 11.6 Å². The average Bonchev–Trinajstić information content (AvgIpc) is 2.58. The summed E-state index contributed by atoms with van der Waals surface area (Å²) >= 11 is 0. The van der Waals surface area contributed by atoms with Crippen LogP contribution in [0.25, 0.3) is 10.8 Å². The summed E-state index contributed by atoms with van der Waals surface area (Å²) < 4.78 is 1.08. The number of benzene rings is 2. The zero-order valence-electron chi connectivity index (χ0n) is 12.2. The summed E-state index contributed by atoms with van der Waals surface area (Å²) in [6.45, 7) is -0.0615. The van der Waals surface area contributed by atoms with Crippen LogP contribution in [0.4, 0.5) is 0 Å². The predicted molar refractivity (Wildman–Crippen MR) is 85.9 cm³/mol. The third-order valence-electron chi connectivity index (χ3n) is 3.63. The van der Waals surface area contributed by atoms with Gasteiger partial charge in [0.25, 0.3) is 11.5 Å².